The van der Waals surface area contributed by atoms with E-state index in [1.54, 1.807) is 0 Å². The Kier molecular flexibility index (Phi) is 9.22. The second kappa shape index (κ2) is 8.96. The fourth-order valence-electron chi connectivity index (χ4n) is 1.34. The lowest BCUT2D eigenvalue weighted by Gasteiger charge is -2.08. The van der Waals surface area contributed by atoms with Crippen molar-refractivity contribution < 1.29 is 0 Å². The molecule has 0 aromatic rings. The number of hydrogen-bond donors (Lipinski definition) is 1. The summed E-state index contributed by atoms with van der Waals surface area (Å²) in [5, 5.41) is 1.14. The first-order chi connectivity index (χ1) is 6.16. The smallest absolute Gasteiger partial charge is 0.0120 e. The van der Waals surface area contributed by atoms with Gasteiger partial charge in [0, 0.05) is 10.3 Å². The maximum absolute atomic E-state index is 5.69. The van der Waals surface area contributed by atoms with Crippen LogP contribution in [0.4, 0.5) is 0 Å². The molecule has 0 N–H and O–H groups in total. The number of thiol groups is 1. The van der Waals surface area contributed by atoms with Gasteiger partial charge in [-0.15, -0.1) is 0 Å². The molecular formula is C11H21ClS. The van der Waals surface area contributed by atoms with E-state index in [-0.39, 0.29) is 0 Å². The lowest BCUT2D eigenvalue weighted by Crippen LogP contribution is -1.97. The molecule has 0 nitrogen and oxygen atoms in total. The summed E-state index contributed by atoms with van der Waals surface area (Å²) < 4.78 is 0. The molecule has 0 rings (SSSR count). The number of allylic oxidation sites excluding steroid dienone is 1. The van der Waals surface area contributed by atoms with Crippen LogP contribution in [0.25, 0.3) is 0 Å². The van der Waals surface area contributed by atoms with Crippen LogP contribution in [0.2, 0.25) is 0 Å². The van der Waals surface area contributed by atoms with E-state index in [2.05, 4.69) is 26.1 Å². The van der Waals surface area contributed by atoms with Gasteiger partial charge >= 0.3 is 0 Å². The van der Waals surface area contributed by atoms with Crippen LogP contribution >= 0.6 is 24.2 Å². The van der Waals surface area contributed by atoms with Crippen LogP contribution in [0.5, 0.6) is 0 Å². The second-order valence-corrected chi connectivity index (χ2v) is 4.84. The Morgan fingerprint density at radius 3 is 2.46 bits per heavy atom. The largest absolute Gasteiger partial charge is 0.176 e. The molecule has 0 radical (unpaired) electrons. The Morgan fingerprint density at radius 2 is 1.92 bits per heavy atom. The van der Waals surface area contributed by atoms with Crippen LogP contribution in [0.1, 0.15) is 51.9 Å². The highest BCUT2D eigenvalue weighted by Gasteiger charge is 2.03. The highest BCUT2D eigenvalue weighted by atomic mass is 35.5. The van der Waals surface area contributed by atoms with Crippen molar-refractivity contribution in [1.82, 2.24) is 0 Å². The van der Waals surface area contributed by atoms with Gasteiger partial charge < -0.3 is 0 Å². The molecule has 0 bridgehead atoms. The van der Waals surface area contributed by atoms with Gasteiger partial charge in [0.15, 0.2) is 0 Å². The standard InChI is InChI=1S/C11H21ClS/c1-3-4-5-6-7-8-11(13)9-10(2)12/h11,13H,2-9H2,1H3. The molecule has 1 atom stereocenters. The van der Waals surface area contributed by atoms with Crippen molar-refractivity contribution in [2.45, 2.75) is 57.1 Å². The molecule has 1 unspecified atom stereocenters. The molecule has 0 amide bonds. The van der Waals surface area contributed by atoms with E-state index in [0.29, 0.717) is 5.25 Å². The summed E-state index contributed by atoms with van der Waals surface area (Å²) >= 11 is 10.1. The summed E-state index contributed by atoms with van der Waals surface area (Å²) in [4.78, 5) is 0. The monoisotopic (exact) mass is 220 g/mol. The average Bonchev–Trinajstić information content (AvgIpc) is 2.02. The predicted molar refractivity (Wildman–Crippen MR) is 65.8 cm³/mol. The third-order valence-electron chi connectivity index (χ3n) is 2.10. The van der Waals surface area contributed by atoms with E-state index < -0.39 is 0 Å². The van der Waals surface area contributed by atoms with Crippen molar-refractivity contribution in [3.63, 3.8) is 0 Å². The molecule has 0 saturated carbocycles. The van der Waals surface area contributed by atoms with Gasteiger partial charge in [-0.25, -0.2) is 0 Å². The highest BCUT2D eigenvalue weighted by molar-refractivity contribution is 7.80. The quantitative estimate of drug-likeness (QED) is 0.442. The lowest BCUT2D eigenvalue weighted by molar-refractivity contribution is 0.598. The molecule has 0 heterocycles. The molecule has 0 spiro atoms. The Morgan fingerprint density at radius 1 is 1.31 bits per heavy atom. The van der Waals surface area contributed by atoms with Gasteiger partial charge in [-0.2, -0.15) is 12.6 Å². The minimum Gasteiger partial charge on any atom is -0.176 e. The van der Waals surface area contributed by atoms with Gasteiger partial charge in [0.2, 0.25) is 0 Å². The van der Waals surface area contributed by atoms with Crippen LogP contribution in [0.3, 0.4) is 0 Å². The van der Waals surface area contributed by atoms with Gasteiger partial charge in [-0.3, -0.25) is 0 Å². The molecule has 78 valence electrons. The summed E-state index contributed by atoms with van der Waals surface area (Å²) in [5.74, 6) is 0. The van der Waals surface area contributed by atoms with E-state index in [9.17, 15) is 0 Å². The first-order valence-corrected chi connectivity index (χ1v) is 6.07. The van der Waals surface area contributed by atoms with Crippen LogP contribution in [0.15, 0.2) is 11.6 Å². The first-order valence-electron chi connectivity index (χ1n) is 5.18. The van der Waals surface area contributed by atoms with E-state index in [1.165, 1.54) is 38.5 Å². The Bertz CT molecular complexity index is 134. The number of rotatable bonds is 8. The van der Waals surface area contributed by atoms with E-state index in [1.807, 2.05) is 0 Å². The maximum atomic E-state index is 5.69. The van der Waals surface area contributed by atoms with Crippen molar-refractivity contribution in [1.29, 1.82) is 0 Å². The zero-order valence-electron chi connectivity index (χ0n) is 8.56. The van der Waals surface area contributed by atoms with Gasteiger partial charge in [-0.1, -0.05) is 57.2 Å². The van der Waals surface area contributed by atoms with E-state index in [4.69, 9.17) is 11.6 Å². The Hall–Kier alpha value is 0.380. The number of halogens is 1. The fourth-order valence-corrected chi connectivity index (χ4v) is 2.04. The number of unbranched alkanes of at least 4 members (excludes halogenated alkanes) is 4. The zero-order valence-corrected chi connectivity index (χ0v) is 10.2. The van der Waals surface area contributed by atoms with E-state index in [0.717, 1.165) is 11.5 Å². The van der Waals surface area contributed by atoms with Crippen molar-refractivity contribution in [3.8, 4) is 0 Å². The summed E-state index contributed by atoms with van der Waals surface area (Å²) in [6, 6.07) is 0. The molecule has 0 aliphatic heterocycles. The summed E-state index contributed by atoms with van der Waals surface area (Å²) in [7, 11) is 0. The zero-order chi connectivity index (χ0) is 10.1. The van der Waals surface area contributed by atoms with E-state index >= 15 is 0 Å². The molecule has 0 saturated heterocycles. The molecule has 13 heavy (non-hydrogen) atoms. The van der Waals surface area contributed by atoms with Gasteiger partial charge in [0.25, 0.3) is 0 Å². The number of hydrogen-bond acceptors (Lipinski definition) is 1. The maximum Gasteiger partial charge on any atom is 0.0120 e. The fraction of sp³-hybridized carbons (Fsp3) is 0.818. The van der Waals surface area contributed by atoms with Crippen LogP contribution in [0, 0.1) is 0 Å². The van der Waals surface area contributed by atoms with Crippen LogP contribution in [-0.2, 0) is 0 Å². The minimum atomic E-state index is 0.409. The Labute approximate surface area is 93.2 Å². The third kappa shape index (κ3) is 10.3. The minimum absolute atomic E-state index is 0.409. The van der Waals surface area contributed by atoms with Crippen molar-refractivity contribution >= 4 is 24.2 Å². The summed E-state index contributed by atoms with van der Waals surface area (Å²) in [5.41, 5.74) is 0. The van der Waals surface area contributed by atoms with Crippen molar-refractivity contribution in [2.75, 3.05) is 0 Å². The molecule has 0 aromatic heterocycles. The van der Waals surface area contributed by atoms with Crippen LogP contribution < -0.4 is 0 Å². The second-order valence-electron chi connectivity index (χ2n) is 3.58. The topological polar surface area (TPSA) is 0 Å². The molecule has 0 aromatic carbocycles. The normalized spacial score (nSPS) is 12.8. The van der Waals surface area contributed by atoms with Gasteiger partial charge in [0.05, 0.1) is 0 Å². The molecule has 0 aliphatic carbocycles. The lowest BCUT2D eigenvalue weighted by atomic mass is 10.1. The SMILES string of the molecule is C=C(Cl)CC(S)CCCCCCC. The first kappa shape index (κ1) is 13.4. The molecule has 2 heteroatoms. The summed E-state index contributed by atoms with van der Waals surface area (Å²) in [6.07, 6.45) is 8.65. The highest BCUT2D eigenvalue weighted by Crippen LogP contribution is 2.18. The van der Waals surface area contributed by atoms with Crippen molar-refractivity contribution in [3.05, 3.63) is 11.6 Å². The van der Waals surface area contributed by atoms with Crippen molar-refractivity contribution in [2.24, 2.45) is 0 Å². The Balaban J connectivity index is 3.17. The predicted octanol–water partition coefficient (Wildman–Crippen LogP) is 4.79. The molecular weight excluding hydrogens is 200 g/mol. The van der Waals surface area contributed by atoms with Crippen LogP contribution in [-0.4, -0.2) is 5.25 Å². The average molecular weight is 221 g/mol. The molecule has 0 aliphatic rings. The van der Waals surface area contributed by atoms with Gasteiger partial charge in [0.1, 0.15) is 0 Å². The molecule has 0 fully saturated rings. The third-order valence-corrected chi connectivity index (χ3v) is 2.69. The summed E-state index contributed by atoms with van der Waals surface area (Å²) in [6.45, 7) is 5.90. The van der Waals surface area contributed by atoms with Gasteiger partial charge in [-0.05, 0) is 12.8 Å².